The number of rotatable bonds is 7. The highest BCUT2D eigenvalue weighted by atomic mass is 19.1. The largest absolute Gasteiger partial charge is 0.493 e. The van der Waals surface area contributed by atoms with Crippen molar-refractivity contribution >= 4 is 0 Å². The SMILES string of the molecule is COc1cc2c(cc1OCCCF)CCN1CC(CC3CCC3)N(C)CC21. The van der Waals surface area contributed by atoms with Crippen LogP contribution in [0.3, 0.4) is 0 Å². The van der Waals surface area contributed by atoms with Crippen molar-refractivity contribution < 1.29 is 13.9 Å². The molecule has 2 heterocycles. The summed E-state index contributed by atoms with van der Waals surface area (Å²) in [5, 5.41) is 0. The Bertz CT molecular complexity index is 649. The van der Waals surface area contributed by atoms with Gasteiger partial charge in [-0.2, -0.15) is 0 Å². The first-order valence-electron chi connectivity index (χ1n) is 10.5. The quantitative estimate of drug-likeness (QED) is 0.675. The minimum Gasteiger partial charge on any atom is -0.493 e. The van der Waals surface area contributed by atoms with Gasteiger partial charge in [-0.25, -0.2) is 0 Å². The van der Waals surface area contributed by atoms with E-state index in [4.69, 9.17) is 9.47 Å². The highest BCUT2D eigenvalue weighted by molar-refractivity contribution is 5.49. The fraction of sp³-hybridized carbons (Fsp3) is 0.727. The molecule has 1 saturated heterocycles. The van der Waals surface area contributed by atoms with E-state index in [-0.39, 0.29) is 6.67 Å². The summed E-state index contributed by atoms with van der Waals surface area (Å²) in [7, 11) is 3.98. The second-order valence-corrected chi connectivity index (χ2v) is 8.48. The monoisotopic (exact) mass is 376 g/mol. The average Bonchev–Trinajstić information content (AvgIpc) is 2.64. The van der Waals surface area contributed by atoms with Gasteiger partial charge in [-0.05, 0) is 49.1 Å². The van der Waals surface area contributed by atoms with Crippen LogP contribution in [0.1, 0.15) is 49.3 Å². The van der Waals surface area contributed by atoms with Gasteiger partial charge in [0.15, 0.2) is 11.5 Å². The molecule has 0 amide bonds. The molecule has 0 N–H and O–H groups in total. The van der Waals surface area contributed by atoms with Gasteiger partial charge in [-0.1, -0.05) is 19.3 Å². The maximum absolute atomic E-state index is 12.4. The van der Waals surface area contributed by atoms with Crippen LogP contribution in [0.4, 0.5) is 4.39 Å². The highest BCUT2D eigenvalue weighted by Gasteiger charge is 2.38. The first-order chi connectivity index (χ1) is 13.2. The first-order valence-corrected chi connectivity index (χ1v) is 10.5. The topological polar surface area (TPSA) is 24.9 Å². The molecule has 1 aromatic rings. The molecule has 4 rings (SSSR count). The zero-order valence-corrected chi connectivity index (χ0v) is 16.8. The number of likely N-dealkylation sites (N-methyl/N-ethyl adjacent to an activating group) is 1. The predicted molar refractivity (Wildman–Crippen MR) is 105 cm³/mol. The summed E-state index contributed by atoms with van der Waals surface area (Å²) < 4.78 is 23.8. The lowest BCUT2D eigenvalue weighted by Crippen LogP contribution is -2.55. The Hall–Kier alpha value is -1.33. The van der Waals surface area contributed by atoms with Gasteiger partial charge in [0, 0.05) is 38.1 Å². The first kappa shape index (κ1) is 19.0. The van der Waals surface area contributed by atoms with Crippen LogP contribution in [-0.2, 0) is 6.42 Å². The maximum Gasteiger partial charge on any atom is 0.161 e. The third-order valence-corrected chi connectivity index (χ3v) is 6.79. The molecule has 0 radical (unpaired) electrons. The zero-order chi connectivity index (χ0) is 18.8. The summed E-state index contributed by atoms with van der Waals surface area (Å²) in [5.74, 6) is 2.48. The van der Waals surface area contributed by atoms with Crippen molar-refractivity contribution in [3.63, 3.8) is 0 Å². The van der Waals surface area contributed by atoms with Gasteiger partial charge in [-0.15, -0.1) is 0 Å². The number of fused-ring (bicyclic) bond motifs is 3. The van der Waals surface area contributed by atoms with E-state index in [0.29, 0.717) is 25.1 Å². The van der Waals surface area contributed by atoms with E-state index < -0.39 is 0 Å². The molecule has 0 aromatic heterocycles. The number of ether oxygens (including phenoxy) is 2. The summed E-state index contributed by atoms with van der Waals surface area (Å²) in [4.78, 5) is 5.25. The standard InChI is InChI=1S/C22H33FN2O2/c1-24-15-20-19-13-21(26-2)22(27-10-4-8-23)12-17(19)7-9-25(20)14-18(24)11-16-5-3-6-16/h12-13,16,18,20H,3-11,14-15H2,1-2H3. The molecule has 1 aliphatic carbocycles. The maximum atomic E-state index is 12.4. The van der Waals surface area contributed by atoms with Crippen LogP contribution in [0, 0.1) is 5.92 Å². The number of hydrogen-bond donors (Lipinski definition) is 0. The zero-order valence-electron chi connectivity index (χ0n) is 16.8. The van der Waals surface area contributed by atoms with E-state index in [1.807, 2.05) is 0 Å². The van der Waals surface area contributed by atoms with Gasteiger partial charge < -0.3 is 14.4 Å². The molecule has 150 valence electrons. The Kier molecular flexibility index (Phi) is 5.88. The normalized spacial score (nSPS) is 26.2. The van der Waals surface area contributed by atoms with Gasteiger partial charge in [-0.3, -0.25) is 9.29 Å². The van der Waals surface area contributed by atoms with Crippen LogP contribution in [0.15, 0.2) is 12.1 Å². The number of benzene rings is 1. The summed E-state index contributed by atoms with van der Waals surface area (Å²) >= 11 is 0. The van der Waals surface area contributed by atoms with Crippen molar-refractivity contribution in [2.24, 2.45) is 5.92 Å². The van der Waals surface area contributed by atoms with E-state index in [0.717, 1.165) is 36.9 Å². The van der Waals surface area contributed by atoms with Crippen molar-refractivity contribution in [3.8, 4) is 11.5 Å². The average molecular weight is 377 g/mol. The Labute approximate surface area is 162 Å². The summed E-state index contributed by atoms with van der Waals surface area (Å²) in [6, 6.07) is 5.42. The van der Waals surface area contributed by atoms with Crippen LogP contribution in [0.25, 0.3) is 0 Å². The van der Waals surface area contributed by atoms with Crippen molar-refractivity contribution in [2.45, 2.75) is 50.6 Å². The van der Waals surface area contributed by atoms with Gasteiger partial charge >= 0.3 is 0 Å². The molecular weight excluding hydrogens is 343 g/mol. The lowest BCUT2D eigenvalue weighted by molar-refractivity contribution is 0.0217. The molecule has 0 spiro atoms. The number of halogens is 1. The van der Waals surface area contributed by atoms with E-state index in [2.05, 4.69) is 29.0 Å². The van der Waals surface area contributed by atoms with Crippen molar-refractivity contribution in [1.82, 2.24) is 9.80 Å². The smallest absolute Gasteiger partial charge is 0.161 e. The number of nitrogens with zero attached hydrogens (tertiary/aromatic N) is 2. The van der Waals surface area contributed by atoms with E-state index in [1.54, 1.807) is 7.11 Å². The Balaban J connectivity index is 1.50. The van der Waals surface area contributed by atoms with Crippen molar-refractivity contribution in [1.29, 1.82) is 0 Å². The van der Waals surface area contributed by atoms with Crippen LogP contribution >= 0.6 is 0 Å². The molecule has 0 bridgehead atoms. The van der Waals surface area contributed by atoms with Crippen molar-refractivity contribution in [2.75, 3.05) is 47.1 Å². The molecule has 1 aromatic carbocycles. The van der Waals surface area contributed by atoms with E-state index >= 15 is 0 Å². The molecule has 2 aliphatic heterocycles. The molecule has 5 heteroatoms. The number of methoxy groups -OCH3 is 1. The fourth-order valence-corrected chi connectivity index (χ4v) is 4.90. The summed E-state index contributed by atoms with van der Waals surface area (Å²) in [6.45, 7) is 3.41. The number of piperazine rings is 1. The molecule has 4 nitrogen and oxygen atoms in total. The summed E-state index contributed by atoms with van der Waals surface area (Å²) in [6.07, 6.45) is 7.12. The Morgan fingerprint density at radius 1 is 1.19 bits per heavy atom. The molecule has 2 unspecified atom stereocenters. The third-order valence-electron chi connectivity index (χ3n) is 6.79. The van der Waals surface area contributed by atoms with Crippen molar-refractivity contribution in [3.05, 3.63) is 23.3 Å². The molecule has 27 heavy (non-hydrogen) atoms. The van der Waals surface area contributed by atoms with Crippen LogP contribution in [0.5, 0.6) is 11.5 Å². The van der Waals surface area contributed by atoms with E-state index in [9.17, 15) is 4.39 Å². The van der Waals surface area contributed by atoms with Crippen LogP contribution in [-0.4, -0.2) is 62.9 Å². The number of hydrogen-bond acceptors (Lipinski definition) is 4. The summed E-state index contributed by atoms with van der Waals surface area (Å²) in [5.41, 5.74) is 2.74. The van der Waals surface area contributed by atoms with Gasteiger partial charge in [0.25, 0.3) is 0 Å². The molecule has 3 aliphatic rings. The molecular formula is C22H33FN2O2. The molecule has 1 saturated carbocycles. The minimum absolute atomic E-state index is 0.349. The third kappa shape index (κ3) is 3.95. The highest BCUT2D eigenvalue weighted by Crippen LogP contribution is 2.41. The Morgan fingerprint density at radius 3 is 2.74 bits per heavy atom. The molecule has 2 fully saturated rings. The second-order valence-electron chi connectivity index (χ2n) is 8.48. The number of alkyl halides is 1. The molecule has 2 atom stereocenters. The van der Waals surface area contributed by atoms with Crippen LogP contribution in [0.2, 0.25) is 0 Å². The van der Waals surface area contributed by atoms with Gasteiger partial charge in [0.05, 0.1) is 20.4 Å². The lowest BCUT2D eigenvalue weighted by atomic mass is 9.79. The lowest BCUT2D eigenvalue weighted by Gasteiger charge is -2.49. The second kappa shape index (κ2) is 8.36. The van der Waals surface area contributed by atoms with Gasteiger partial charge in [0.2, 0.25) is 0 Å². The van der Waals surface area contributed by atoms with Crippen LogP contribution < -0.4 is 9.47 Å². The van der Waals surface area contributed by atoms with E-state index in [1.165, 1.54) is 43.4 Å². The van der Waals surface area contributed by atoms with Gasteiger partial charge in [0.1, 0.15) is 0 Å². The minimum atomic E-state index is -0.349. The fourth-order valence-electron chi connectivity index (χ4n) is 4.90. The predicted octanol–water partition coefficient (Wildman–Crippen LogP) is 3.84. The Morgan fingerprint density at radius 2 is 2.04 bits per heavy atom.